The molecule has 12 atom stereocenters. The van der Waals surface area contributed by atoms with E-state index in [1.807, 2.05) is 13.8 Å². The van der Waals surface area contributed by atoms with Gasteiger partial charge in [-0.15, -0.1) is 0 Å². The van der Waals surface area contributed by atoms with Crippen LogP contribution in [0.3, 0.4) is 0 Å². The van der Waals surface area contributed by atoms with Crippen molar-refractivity contribution >= 4 is 5.97 Å². The third-order valence-electron chi connectivity index (χ3n) is 15.1. The van der Waals surface area contributed by atoms with Gasteiger partial charge in [-0.05, 0) is 131 Å². The van der Waals surface area contributed by atoms with E-state index in [2.05, 4.69) is 41.2 Å². The van der Waals surface area contributed by atoms with Crippen LogP contribution in [0.15, 0.2) is 12.2 Å². The number of aliphatic hydroxyl groups is 2. The first-order valence-corrected chi connectivity index (χ1v) is 17.0. The van der Waals surface area contributed by atoms with Crippen molar-refractivity contribution in [1.29, 1.82) is 0 Å². The number of hydrogen-bond donors (Lipinski definition) is 2. The Morgan fingerprint density at radius 2 is 1.64 bits per heavy atom. The SMILES string of the molecule is C=C(C)[C@@H]1CC[C@]2(C(=O)OCC3COC(C)(C)O3)CC[C@]3(C)C(CCC4[C@@]5(C)CC[C@H](O)[C@@](C)(CO)C5CC[C@]43C)C12. The summed E-state index contributed by atoms with van der Waals surface area (Å²) in [6.45, 7) is 21.0. The van der Waals surface area contributed by atoms with Crippen LogP contribution in [0.4, 0.5) is 0 Å². The third-order valence-corrected chi connectivity index (χ3v) is 15.1. The molecule has 5 saturated carbocycles. The molecule has 5 aliphatic carbocycles. The maximum absolute atomic E-state index is 14.2. The number of carbonyl (C=O) groups excluding carboxylic acids is 1. The second-order valence-electron chi connectivity index (χ2n) is 17.1. The van der Waals surface area contributed by atoms with Crippen LogP contribution in [0.5, 0.6) is 0 Å². The summed E-state index contributed by atoms with van der Waals surface area (Å²) in [4.78, 5) is 14.2. The Hall–Kier alpha value is -0.950. The van der Waals surface area contributed by atoms with Gasteiger partial charge in [-0.2, -0.15) is 0 Å². The monoisotopic (exact) mass is 586 g/mol. The van der Waals surface area contributed by atoms with Crippen LogP contribution < -0.4 is 0 Å². The fourth-order valence-corrected chi connectivity index (χ4v) is 12.7. The van der Waals surface area contributed by atoms with Crippen LogP contribution in [0, 0.1) is 56.7 Å². The highest BCUT2D eigenvalue weighted by molar-refractivity contribution is 5.78. The van der Waals surface area contributed by atoms with E-state index in [1.54, 1.807) is 0 Å². The Morgan fingerprint density at radius 3 is 2.29 bits per heavy atom. The van der Waals surface area contributed by atoms with E-state index in [4.69, 9.17) is 14.2 Å². The van der Waals surface area contributed by atoms with E-state index in [0.29, 0.717) is 30.3 Å². The molecule has 2 N–H and O–H groups in total. The van der Waals surface area contributed by atoms with E-state index in [-0.39, 0.29) is 47.4 Å². The quantitative estimate of drug-likeness (QED) is 0.276. The average Bonchev–Trinajstić information content (AvgIpc) is 3.50. The average molecular weight is 587 g/mol. The highest BCUT2D eigenvalue weighted by atomic mass is 16.7. The van der Waals surface area contributed by atoms with Gasteiger partial charge in [0, 0.05) is 5.41 Å². The fourth-order valence-electron chi connectivity index (χ4n) is 12.7. The molecule has 6 fully saturated rings. The molecule has 6 rings (SSSR count). The zero-order valence-corrected chi connectivity index (χ0v) is 27.5. The van der Waals surface area contributed by atoms with Crippen LogP contribution in [0.1, 0.15) is 113 Å². The molecule has 5 unspecified atom stereocenters. The van der Waals surface area contributed by atoms with E-state index in [9.17, 15) is 15.0 Å². The summed E-state index contributed by atoms with van der Waals surface area (Å²) in [5.41, 5.74) is 0.712. The normalized spacial score (nSPS) is 52.9. The van der Waals surface area contributed by atoms with Gasteiger partial charge >= 0.3 is 5.97 Å². The Bertz CT molecular complexity index is 1100. The zero-order chi connectivity index (χ0) is 30.5. The predicted molar refractivity (Wildman–Crippen MR) is 162 cm³/mol. The first kappa shape index (κ1) is 31.0. The smallest absolute Gasteiger partial charge is 0.312 e. The number of carbonyl (C=O) groups is 1. The molecule has 0 spiro atoms. The summed E-state index contributed by atoms with van der Waals surface area (Å²) < 4.78 is 17.8. The number of ether oxygens (including phenoxy) is 3. The second-order valence-corrected chi connectivity index (χ2v) is 17.1. The van der Waals surface area contributed by atoms with Crippen molar-refractivity contribution in [2.45, 2.75) is 131 Å². The molecule has 0 amide bonds. The molecule has 0 aromatic carbocycles. The van der Waals surface area contributed by atoms with Crippen molar-refractivity contribution < 1.29 is 29.2 Å². The Balaban J connectivity index is 1.30. The largest absolute Gasteiger partial charge is 0.462 e. The van der Waals surface area contributed by atoms with Crippen LogP contribution in [-0.4, -0.2) is 54.0 Å². The number of hydrogen-bond acceptors (Lipinski definition) is 6. The summed E-state index contributed by atoms with van der Waals surface area (Å²) in [5, 5.41) is 21.6. The molecule has 6 nitrogen and oxygen atoms in total. The molecule has 42 heavy (non-hydrogen) atoms. The number of allylic oxidation sites excluding steroid dienone is 1. The zero-order valence-electron chi connectivity index (χ0n) is 27.5. The van der Waals surface area contributed by atoms with E-state index < -0.39 is 22.7 Å². The Morgan fingerprint density at radius 1 is 0.905 bits per heavy atom. The molecule has 0 aromatic rings. The summed E-state index contributed by atoms with van der Waals surface area (Å²) in [6, 6.07) is 0. The number of esters is 1. The third kappa shape index (κ3) is 4.13. The molecule has 6 aliphatic rings. The first-order valence-electron chi connectivity index (χ1n) is 17.0. The molecule has 1 aliphatic heterocycles. The van der Waals surface area contributed by atoms with Gasteiger partial charge in [-0.3, -0.25) is 4.79 Å². The van der Waals surface area contributed by atoms with Crippen molar-refractivity contribution in [3.8, 4) is 0 Å². The van der Waals surface area contributed by atoms with Crippen LogP contribution in [-0.2, 0) is 19.0 Å². The standard InChI is InChI=1S/C36H58O6/c1-22(2)24-11-16-36(30(39)40-19-23-20-41-31(3,4)42-23)18-17-34(7)25(29(24)36)9-10-27-32(5)14-13-28(38)33(6,21-37)26(32)12-15-35(27,34)8/h23-29,37-38H,1,9-21H2,2-8H3/t23?,24-,25?,26?,27?,28-,29?,32-,33-,34+,35+,36-/m0/s1. The lowest BCUT2D eigenvalue weighted by Crippen LogP contribution is -2.67. The van der Waals surface area contributed by atoms with Gasteiger partial charge in [-0.1, -0.05) is 39.8 Å². The minimum atomic E-state index is -0.627. The van der Waals surface area contributed by atoms with Gasteiger partial charge in [0.2, 0.25) is 0 Å². The summed E-state index contributed by atoms with van der Waals surface area (Å²) >= 11 is 0. The van der Waals surface area contributed by atoms with Crippen molar-refractivity contribution in [3.05, 3.63) is 12.2 Å². The molecular formula is C36H58O6. The molecular weight excluding hydrogens is 528 g/mol. The first-order chi connectivity index (χ1) is 19.6. The lowest BCUT2D eigenvalue weighted by atomic mass is 9.32. The topological polar surface area (TPSA) is 85.2 Å². The van der Waals surface area contributed by atoms with Crippen molar-refractivity contribution in [1.82, 2.24) is 0 Å². The minimum Gasteiger partial charge on any atom is -0.462 e. The lowest BCUT2D eigenvalue weighted by Gasteiger charge is -2.72. The van der Waals surface area contributed by atoms with Gasteiger partial charge < -0.3 is 24.4 Å². The highest BCUT2D eigenvalue weighted by Crippen LogP contribution is 2.77. The van der Waals surface area contributed by atoms with Crippen molar-refractivity contribution in [3.63, 3.8) is 0 Å². The van der Waals surface area contributed by atoms with E-state index >= 15 is 0 Å². The molecule has 0 bridgehead atoms. The molecule has 238 valence electrons. The number of aliphatic hydroxyl groups excluding tert-OH is 2. The number of fused-ring (bicyclic) bond motifs is 7. The van der Waals surface area contributed by atoms with Crippen molar-refractivity contribution in [2.24, 2.45) is 56.7 Å². The number of rotatable bonds is 5. The minimum absolute atomic E-state index is 0.0190. The molecule has 6 heteroatoms. The molecule has 1 saturated heterocycles. The van der Waals surface area contributed by atoms with Crippen LogP contribution in [0.2, 0.25) is 0 Å². The summed E-state index contributed by atoms with van der Waals surface area (Å²) in [5.74, 6) is 1.30. The Kier molecular flexibility index (Phi) is 7.41. The maximum Gasteiger partial charge on any atom is 0.312 e. The summed E-state index contributed by atoms with van der Waals surface area (Å²) in [6.07, 6.45) is 9.49. The van der Waals surface area contributed by atoms with Gasteiger partial charge in [0.1, 0.15) is 12.7 Å². The van der Waals surface area contributed by atoms with Crippen LogP contribution in [0.25, 0.3) is 0 Å². The van der Waals surface area contributed by atoms with Gasteiger partial charge in [0.05, 0.1) is 24.7 Å². The summed E-state index contributed by atoms with van der Waals surface area (Å²) in [7, 11) is 0. The van der Waals surface area contributed by atoms with Crippen molar-refractivity contribution in [2.75, 3.05) is 19.8 Å². The van der Waals surface area contributed by atoms with Gasteiger partial charge in [0.25, 0.3) is 0 Å². The molecule has 1 heterocycles. The lowest BCUT2D eigenvalue weighted by molar-refractivity contribution is -0.254. The molecule has 0 radical (unpaired) electrons. The van der Waals surface area contributed by atoms with E-state index in [0.717, 1.165) is 64.2 Å². The fraction of sp³-hybridized carbons (Fsp3) is 0.917. The second kappa shape index (κ2) is 10.0. The Labute approximate surface area is 254 Å². The highest BCUT2D eigenvalue weighted by Gasteiger charge is 2.72. The maximum atomic E-state index is 14.2. The van der Waals surface area contributed by atoms with Gasteiger partial charge in [0.15, 0.2) is 5.79 Å². The molecule has 0 aromatic heterocycles. The van der Waals surface area contributed by atoms with Crippen LogP contribution >= 0.6 is 0 Å². The predicted octanol–water partition coefficient (Wildman–Crippen LogP) is 6.67. The van der Waals surface area contributed by atoms with E-state index in [1.165, 1.54) is 5.57 Å². The van der Waals surface area contributed by atoms with Gasteiger partial charge in [-0.25, -0.2) is 0 Å².